The highest BCUT2D eigenvalue weighted by molar-refractivity contribution is 5.95. The third kappa shape index (κ3) is 2.25. The van der Waals surface area contributed by atoms with E-state index in [2.05, 4.69) is 5.32 Å². The van der Waals surface area contributed by atoms with Gasteiger partial charge in [-0.3, -0.25) is 4.79 Å². The summed E-state index contributed by atoms with van der Waals surface area (Å²) in [7, 11) is 0. The molecular formula is C16H14FNO2. The number of halogens is 1. The Morgan fingerprint density at radius 3 is 2.95 bits per heavy atom. The Morgan fingerprint density at radius 2 is 2.10 bits per heavy atom. The van der Waals surface area contributed by atoms with Crippen molar-refractivity contribution in [2.24, 2.45) is 0 Å². The van der Waals surface area contributed by atoms with Crippen LogP contribution in [0.3, 0.4) is 0 Å². The van der Waals surface area contributed by atoms with E-state index in [1.54, 1.807) is 12.1 Å². The Morgan fingerprint density at radius 1 is 1.30 bits per heavy atom. The molecule has 1 aliphatic rings. The molecule has 2 aromatic carbocycles. The highest BCUT2D eigenvalue weighted by atomic mass is 19.1. The average Bonchev–Trinajstić information content (AvgIpc) is 2.85. The van der Waals surface area contributed by atoms with E-state index in [1.807, 2.05) is 31.2 Å². The summed E-state index contributed by atoms with van der Waals surface area (Å²) in [5.41, 5.74) is 1.84. The first-order valence-electron chi connectivity index (χ1n) is 6.44. The van der Waals surface area contributed by atoms with E-state index in [0.29, 0.717) is 6.61 Å². The molecule has 1 amide bonds. The normalized spacial score (nSPS) is 16.4. The van der Waals surface area contributed by atoms with Crippen molar-refractivity contribution < 1.29 is 13.9 Å². The first-order chi connectivity index (χ1) is 9.65. The van der Waals surface area contributed by atoms with Gasteiger partial charge in [0.2, 0.25) is 0 Å². The fourth-order valence-corrected chi connectivity index (χ4v) is 2.33. The molecule has 1 heterocycles. The average molecular weight is 271 g/mol. The van der Waals surface area contributed by atoms with E-state index < -0.39 is 11.7 Å². The Balaban J connectivity index is 1.82. The zero-order chi connectivity index (χ0) is 14.1. The highest BCUT2D eigenvalue weighted by Gasteiger charge is 2.26. The summed E-state index contributed by atoms with van der Waals surface area (Å²) in [6, 6.07) is 11.8. The Bertz CT molecular complexity index is 669. The van der Waals surface area contributed by atoms with Gasteiger partial charge in [-0.1, -0.05) is 29.8 Å². The van der Waals surface area contributed by atoms with Gasteiger partial charge < -0.3 is 10.1 Å². The van der Waals surface area contributed by atoms with E-state index in [1.165, 1.54) is 6.07 Å². The fraction of sp³-hybridized carbons (Fsp3) is 0.188. The molecule has 1 unspecified atom stereocenters. The van der Waals surface area contributed by atoms with Crippen LogP contribution in [0.2, 0.25) is 0 Å². The number of carbonyl (C=O) groups is 1. The molecule has 0 saturated carbocycles. The number of fused-ring (bicyclic) bond motifs is 1. The fourth-order valence-electron chi connectivity index (χ4n) is 2.33. The van der Waals surface area contributed by atoms with Crippen molar-refractivity contribution in [3.63, 3.8) is 0 Å². The van der Waals surface area contributed by atoms with E-state index in [9.17, 15) is 9.18 Å². The van der Waals surface area contributed by atoms with E-state index in [-0.39, 0.29) is 11.6 Å². The minimum atomic E-state index is -0.514. The molecule has 0 saturated heterocycles. The molecule has 2 aromatic rings. The number of ether oxygens (including phenoxy) is 1. The van der Waals surface area contributed by atoms with E-state index in [0.717, 1.165) is 16.9 Å². The molecule has 0 fully saturated rings. The second-order valence-corrected chi connectivity index (χ2v) is 4.86. The highest BCUT2D eigenvalue weighted by Crippen LogP contribution is 2.31. The molecule has 20 heavy (non-hydrogen) atoms. The Kier molecular flexibility index (Phi) is 3.14. The van der Waals surface area contributed by atoms with Crippen LogP contribution in [0, 0.1) is 12.7 Å². The summed E-state index contributed by atoms with van der Waals surface area (Å²) in [6.45, 7) is 2.20. The molecule has 1 aliphatic heterocycles. The van der Waals surface area contributed by atoms with Crippen LogP contribution in [-0.4, -0.2) is 12.5 Å². The molecule has 1 N–H and O–H groups in total. The second kappa shape index (κ2) is 4.96. The lowest BCUT2D eigenvalue weighted by Gasteiger charge is -2.12. The predicted molar refractivity (Wildman–Crippen MR) is 73.3 cm³/mol. The van der Waals surface area contributed by atoms with Crippen LogP contribution < -0.4 is 10.1 Å². The third-order valence-corrected chi connectivity index (χ3v) is 3.37. The topological polar surface area (TPSA) is 38.3 Å². The first kappa shape index (κ1) is 12.7. The maximum absolute atomic E-state index is 13.7. The van der Waals surface area contributed by atoms with Gasteiger partial charge in [0.05, 0.1) is 11.6 Å². The molecule has 0 aliphatic carbocycles. The quantitative estimate of drug-likeness (QED) is 0.911. The number of aryl methyl sites for hydroxylation is 1. The molecule has 0 aromatic heterocycles. The molecule has 0 spiro atoms. The predicted octanol–water partition coefficient (Wildman–Crippen LogP) is 3.00. The summed E-state index contributed by atoms with van der Waals surface area (Å²) >= 11 is 0. The molecule has 1 atom stereocenters. The summed E-state index contributed by atoms with van der Waals surface area (Å²) in [6.07, 6.45) is 0. The van der Waals surface area contributed by atoms with Crippen LogP contribution in [0.5, 0.6) is 5.75 Å². The van der Waals surface area contributed by atoms with Gasteiger partial charge >= 0.3 is 0 Å². The van der Waals surface area contributed by atoms with Gasteiger partial charge in [-0.25, -0.2) is 4.39 Å². The molecule has 0 radical (unpaired) electrons. The second-order valence-electron chi connectivity index (χ2n) is 4.86. The summed E-state index contributed by atoms with van der Waals surface area (Å²) in [5.74, 6) is -0.167. The molecule has 102 valence electrons. The zero-order valence-corrected chi connectivity index (χ0v) is 11.0. The number of hydrogen-bond donors (Lipinski definition) is 1. The first-order valence-corrected chi connectivity index (χ1v) is 6.44. The van der Waals surface area contributed by atoms with Crippen molar-refractivity contribution in [3.8, 4) is 5.75 Å². The number of benzene rings is 2. The van der Waals surface area contributed by atoms with E-state index in [4.69, 9.17) is 4.74 Å². The van der Waals surface area contributed by atoms with Gasteiger partial charge in [0, 0.05) is 5.56 Å². The van der Waals surface area contributed by atoms with Crippen molar-refractivity contribution in [1.29, 1.82) is 0 Å². The van der Waals surface area contributed by atoms with Crippen LogP contribution in [-0.2, 0) is 0 Å². The summed E-state index contributed by atoms with van der Waals surface area (Å²) in [4.78, 5) is 12.2. The standard InChI is InChI=1S/C16H14FNO2/c1-10-6-7-13(17)12(8-10)16(19)18-14-9-20-15-5-3-2-4-11(14)15/h2-8,14H,9H2,1H3,(H,18,19). The molecule has 3 nitrogen and oxygen atoms in total. The molecule has 4 heteroatoms. The SMILES string of the molecule is Cc1ccc(F)c(C(=O)NC2COc3ccccc32)c1. The van der Waals surface area contributed by atoms with Gasteiger partial charge in [-0.15, -0.1) is 0 Å². The van der Waals surface area contributed by atoms with Crippen molar-refractivity contribution >= 4 is 5.91 Å². The largest absolute Gasteiger partial charge is 0.491 e. The molecule has 3 rings (SSSR count). The number of hydrogen-bond acceptors (Lipinski definition) is 2. The van der Waals surface area contributed by atoms with Gasteiger partial charge in [0.1, 0.15) is 18.2 Å². The van der Waals surface area contributed by atoms with Crippen molar-refractivity contribution in [2.75, 3.05) is 6.61 Å². The van der Waals surface area contributed by atoms with Crippen LogP contribution in [0.25, 0.3) is 0 Å². The van der Waals surface area contributed by atoms with Crippen LogP contribution in [0.15, 0.2) is 42.5 Å². The Labute approximate surface area is 116 Å². The van der Waals surface area contributed by atoms with Gasteiger partial charge in [0.25, 0.3) is 5.91 Å². The maximum atomic E-state index is 13.7. The number of rotatable bonds is 2. The van der Waals surface area contributed by atoms with Crippen molar-refractivity contribution in [2.45, 2.75) is 13.0 Å². The molecule has 0 bridgehead atoms. The van der Waals surface area contributed by atoms with Gasteiger partial charge in [0.15, 0.2) is 0 Å². The lowest BCUT2D eigenvalue weighted by atomic mass is 10.1. The van der Waals surface area contributed by atoms with Crippen LogP contribution >= 0.6 is 0 Å². The van der Waals surface area contributed by atoms with Crippen molar-refractivity contribution in [3.05, 3.63) is 65.0 Å². The third-order valence-electron chi connectivity index (χ3n) is 3.37. The number of nitrogens with one attached hydrogen (secondary N) is 1. The Hall–Kier alpha value is -2.36. The lowest BCUT2D eigenvalue weighted by Crippen LogP contribution is -2.30. The molecular weight excluding hydrogens is 257 g/mol. The van der Waals surface area contributed by atoms with Crippen molar-refractivity contribution in [1.82, 2.24) is 5.32 Å². The maximum Gasteiger partial charge on any atom is 0.254 e. The number of amides is 1. The van der Waals surface area contributed by atoms with Crippen LogP contribution in [0.4, 0.5) is 4.39 Å². The lowest BCUT2D eigenvalue weighted by molar-refractivity contribution is 0.0926. The zero-order valence-electron chi connectivity index (χ0n) is 11.0. The summed E-state index contributed by atoms with van der Waals surface area (Å²) < 4.78 is 19.2. The van der Waals surface area contributed by atoms with E-state index >= 15 is 0 Å². The number of carbonyl (C=O) groups excluding carboxylic acids is 1. The minimum absolute atomic E-state index is 0.0642. The van der Waals surface area contributed by atoms with Crippen LogP contribution in [0.1, 0.15) is 27.5 Å². The monoisotopic (exact) mass is 271 g/mol. The van der Waals surface area contributed by atoms with Gasteiger partial charge in [-0.2, -0.15) is 0 Å². The number of para-hydroxylation sites is 1. The minimum Gasteiger partial charge on any atom is -0.491 e. The van der Waals surface area contributed by atoms with Gasteiger partial charge in [-0.05, 0) is 25.1 Å². The summed E-state index contributed by atoms with van der Waals surface area (Å²) in [5, 5.41) is 2.82. The smallest absolute Gasteiger partial charge is 0.254 e.